The molecule has 0 unspecified atom stereocenters. The van der Waals surface area contributed by atoms with Gasteiger partial charge in [-0.05, 0) is 30.2 Å². The zero-order valence-corrected chi connectivity index (χ0v) is 21.1. The molecule has 3 heterocycles. The van der Waals surface area contributed by atoms with E-state index in [4.69, 9.17) is 18.9 Å². The largest absolute Gasteiger partial charge is 0.493 e. The second-order valence-corrected chi connectivity index (χ2v) is 9.03. The van der Waals surface area contributed by atoms with E-state index >= 15 is 0 Å². The number of aromatic nitrogens is 1. The Labute approximate surface area is 218 Å². The van der Waals surface area contributed by atoms with Crippen LogP contribution >= 0.6 is 0 Å². The molecule has 0 bridgehead atoms. The highest BCUT2D eigenvalue weighted by atomic mass is 16.6. The maximum absolute atomic E-state index is 13.5. The van der Waals surface area contributed by atoms with E-state index in [2.05, 4.69) is 10.3 Å². The van der Waals surface area contributed by atoms with E-state index < -0.39 is 36.2 Å². The van der Waals surface area contributed by atoms with Crippen LogP contribution in [0.4, 0.5) is 0 Å². The number of benzene rings is 2. The molecule has 2 aliphatic rings. The Morgan fingerprint density at radius 2 is 1.92 bits per heavy atom. The van der Waals surface area contributed by atoms with Crippen LogP contribution in [0, 0.1) is 0 Å². The van der Waals surface area contributed by atoms with Gasteiger partial charge in [0.15, 0.2) is 11.5 Å². The van der Waals surface area contributed by atoms with Crippen molar-refractivity contribution in [3.8, 4) is 11.5 Å². The summed E-state index contributed by atoms with van der Waals surface area (Å²) in [4.78, 5) is 56.3. The minimum absolute atomic E-state index is 0.0834. The molecule has 0 aliphatic carbocycles. The van der Waals surface area contributed by atoms with E-state index in [1.54, 1.807) is 18.3 Å². The third kappa shape index (κ3) is 4.19. The van der Waals surface area contributed by atoms with Crippen LogP contribution in [0.3, 0.4) is 0 Å². The number of amides is 2. The summed E-state index contributed by atoms with van der Waals surface area (Å²) < 4.78 is 21.2. The van der Waals surface area contributed by atoms with Crippen LogP contribution in [-0.2, 0) is 30.3 Å². The zero-order chi connectivity index (χ0) is 27.0. The summed E-state index contributed by atoms with van der Waals surface area (Å²) in [5.41, 5.74) is 2.26. The number of fused-ring (bicyclic) bond motifs is 2. The van der Waals surface area contributed by atoms with Gasteiger partial charge in [0.2, 0.25) is 18.0 Å². The Hall–Kier alpha value is -4.54. The van der Waals surface area contributed by atoms with Crippen molar-refractivity contribution in [3.63, 3.8) is 0 Å². The van der Waals surface area contributed by atoms with Gasteiger partial charge in [-0.2, -0.15) is 0 Å². The summed E-state index contributed by atoms with van der Waals surface area (Å²) in [6.07, 6.45) is 1.13. The molecule has 3 aromatic rings. The van der Waals surface area contributed by atoms with Crippen molar-refractivity contribution in [2.75, 3.05) is 21.3 Å². The quantitative estimate of drug-likeness (QED) is 0.431. The number of rotatable bonds is 8. The first-order chi connectivity index (χ1) is 18.4. The second-order valence-electron chi connectivity index (χ2n) is 9.03. The average Bonchev–Trinajstić information content (AvgIpc) is 3.62. The fraction of sp³-hybridized carbons (Fsp3) is 0.333. The fourth-order valence-corrected chi connectivity index (χ4v) is 5.17. The molecule has 11 nitrogen and oxygen atoms in total. The Balaban J connectivity index is 1.41. The van der Waals surface area contributed by atoms with Crippen molar-refractivity contribution < 1.29 is 38.1 Å². The third-order valence-corrected chi connectivity index (χ3v) is 6.98. The summed E-state index contributed by atoms with van der Waals surface area (Å²) in [5, 5.41) is 3.68. The van der Waals surface area contributed by atoms with Crippen molar-refractivity contribution in [1.82, 2.24) is 15.2 Å². The fourth-order valence-electron chi connectivity index (χ4n) is 5.17. The first-order valence-corrected chi connectivity index (χ1v) is 12.1. The highest BCUT2D eigenvalue weighted by Crippen LogP contribution is 2.45. The van der Waals surface area contributed by atoms with Crippen LogP contribution in [0.1, 0.15) is 40.6 Å². The molecule has 1 saturated heterocycles. The van der Waals surface area contributed by atoms with Crippen molar-refractivity contribution in [2.45, 2.75) is 37.6 Å². The molecular formula is C27H27N3O8. The topological polar surface area (TPSA) is 136 Å². The van der Waals surface area contributed by atoms with E-state index in [1.165, 1.54) is 26.2 Å². The van der Waals surface area contributed by atoms with Crippen LogP contribution in [0.2, 0.25) is 0 Å². The van der Waals surface area contributed by atoms with Crippen molar-refractivity contribution in [2.24, 2.45) is 0 Å². The number of hydrogen-bond donors (Lipinski definition) is 2. The third-order valence-electron chi connectivity index (χ3n) is 6.98. The van der Waals surface area contributed by atoms with Crippen LogP contribution in [-0.4, -0.2) is 67.0 Å². The van der Waals surface area contributed by atoms with E-state index in [0.29, 0.717) is 11.3 Å². The smallest absolute Gasteiger partial charge is 0.344 e. The molecule has 2 aromatic carbocycles. The summed E-state index contributed by atoms with van der Waals surface area (Å²) >= 11 is 0. The molecule has 0 saturated carbocycles. The van der Waals surface area contributed by atoms with Gasteiger partial charge < -0.3 is 29.2 Å². The van der Waals surface area contributed by atoms with Crippen LogP contribution < -0.4 is 14.8 Å². The van der Waals surface area contributed by atoms with E-state index in [9.17, 15) is 19.2 Å². The molecule has 0 radical (unpaired) electrons. The maximum atomic E-state index is 13.5. The number of carbonyl (C=O) groups is 4. The van der Waals surface area contributed by atoms with Gasteiger partial charge in [-0.1, -0.05) is 18.2 Å². The first kappa shape index (κ1) is 25.1. The van der Waals surface area contributed by atoms with Gasteiger partial charge in [0.1, 0.15) is 17.6 Å². The number of hydrogen-bond acceptors (Lipinski definition) is 8. The highest BCUT2D eigenvalue weighted by Gasteiger charge is 2.48. The van der Waals surface area contributed by atoms with Crippen molar-refractivity contribution in [3.05, 3.63) is 59.3 Å². The van der Waals surface area contributed by atoms with Crippen LogP contribution in [0.25, 0.3) is 10.9 Å². The molecule has 2 aliphatic heterocycles. The van der Waals surface area contributed by atoms with E-state index in [0.717, 1.165) is 16.5 Å². The predicted octanol–water partition coefficient (Wildman–Crippen LogP) is 2.25. The number of cyclic esters (lactones) is 1. The number of H-pyrrole nitrogens is 1. The number of methoxy groups -OCH3 is 3. The molecule has 198 valence electrons. The van der Waals surface area contributed by atoms with Gasteiger partial charge in [0, 0.05) is 35.5 Å². The monoisotopic (exact) mass is 521 g/mol. The lowest BCUT2D eigenvalue weighted by atomic mass is 10.0. The molecule has 2 amide bonds. The first-order valence-electron chi connectivity index (χ1n) is 12.1. The molecular weight excluding hydrogens is 494 g/mol. The molecule has 1 fully saturated rings. The van der Waals surface area contributed by atoms with Gasteiger partial charge in [0.05, 0.1) is 21.3 Å². The number of nitrogens with one attached hydrogen (secondary N) is 2. The van der Waals surface area contributed by atoms with E-state index in [-0.39, 0.29) is 36.5 Å². The van der Waals surface area contributed by atoms with Gasteiger partial charge in [-0.25, -0.2) is 9.59 Å². The SMILES string of the molecule is COC(=O)[C@H](Cc1c[nH]c2ccccc12)NC(=O)[C@@H]1CCC(=O)N1[C@@H]1OC(=O)c2c1ccc(OC)c2OC. The van der Waals surface area contributed by atoms with Crippen molar-refractivity contribution in [1.29, 1.82) is 0 Å². The molecule has 11 heteroatoms. The number of likely N-dealkylation sites (tertiary alicyclic amines) is 1. The van der Waals surface area contributed by atoms with E-state index in [1.807, 2.05) is 24.3 Å². The average molecular weight is 522 g/mol. The number of carbonyl (C=O) groups excluding carboxylic acids is 4. The van der Waals surface area contributed by atoms with Crippen LogP contribution in [0.15, 0.2) is 42.6 Å². The van der Waals surface area contributed by atoms with Gasteiger partial charge in [-0.15, -0.1) is 0 Å². The molecule has 5 rings (SSSR count). The normalized spacial score (nSPS) is 19.2. The number of para-hydroxylation sites is 1. The Morgan fingerprint density at radius 3 is 2.66 bits per heavy atom. The molecule has 38 heavy (non-hydrogen) atoms. The summed E-state index contributed by atoms with van der Waals surface area (Å²) in [6.45, 7) is 0. The minimum Gasteiger partial charge on any atom is -0.493 e. The standard InChI is InChI=1S/C27H27N3O8/c1-35-20-10-8-16-22(23(20)36-2)27(34)38-25(16)30-19(9-11-21(30)31)24(32)29-18(26(33)37-3)12-14-13-28-17-7-5-4-6-15(14)17/h4-8,10,13,18-19,25,28H,9,11-12H2,1-3H3,(H,29,32)/t18-,19-,25+/m0/s1. The lowest BCUT2D eigenvalue weighted by Crippen LogP contribution is -2.52. The molecule has 0 spiro atoms. The Bertz CT molecular complexity index is 1430. The number of esters is 2. The molecule has 1 aromatic heterocycles. The number of nitrogens with zero attached hydrogens (tertiary/aromatic N) is 1. The summed E-state index contributed by atoms with van der Waals surface area (Å²) in [5.74, 6) is -1.67. The number of aromatic amines is 1. The van der Waals surface area contributed by atoms with Crippen molar-refractivity contribution >= 4 is 34.7 Å². The predicted molar refractivity (Wildman–Crippen MR) is 134 cm³/mol. The maximum Gasteiger partial charge on any atom is 0.344 e. The van der Waals surface area contributed by atoms with Gasteiger partial charge >= 0.3 is 11.9 Å². The zero-order valence-electron chi connectivity index (χ0n) is 21.1. The summed E-state index contributed by atoms with van der Waals surface area (Å²) in [7, 11) is 4.09. The Kier molecular flexibility index (Phi) is 6.66. The lowest BCUT2D eigenvalue weighted by Gasteiger charge is -2.30. The summed E-state index contributed by atoms with van der Waals surface area (Å²) in [6, 6.07) is 8.88. The van der Waals surface area contributed by atoms with Gasteiger partial charge in [-0.3, -0.25) is 14.5 Å². The highest BCUT2D eigenvalue weighted by molar-refractivity contribution is 5.99. The lowest BCUT2D eigenvalue weighted by molar-refractivity contribution is -0.149. The van der Waals surface area contributed by atoms with Gasteiger partial charge in [0.25, 0.3) is 0 Å². The number of ether oxygens (including phenoxy) is 4. The minimum atomic E-state index is -1.12. The van der Waals surface area contributed by atoms with Crippen LogP contribution in [0.5, 0.6) is 11.5 Å². The second kappa shape index (κ2) is 10.1. The molecule has 2 N–H and O–H groups in total. The Morgan fingerprint density at radius 1 is 1.13 bits per heavy atom. The molecule has 3 atom stereocenters.